The molecule has 4 heterocycles. The lowest BCUT2D eigenvalue weighted by Gasteiger charge is -2.25. The molecule has 0 saturated heterocycles. The van der Waals surface area contributed by atoms with Gasteiger partial charge in [-0.15, -0.1) is 21.5 Å². The van der Waals surface area contributed by atoms with Gasteiger partial charge in [0.25, 0.3) is 0 Å². The average Bonchev–Trinajstić information content (AvgIpc) is 3.18. The summed E-state index contributed by atoms with van der Waals surface area (Å²) in [5, 5.41) is 13.3. The van der Waals surface area contributed by atoms with Gasteiger partial charge in [-0.2, -0.15) is 0 Å². The normalized spacial score (nSPS) is 17.4. The third-order valence-electron chi connectivity index (χ3n) is 4.41. The van der Waals surface area contributed by atoms with Gasteiger partial charge in [-0.25, -0.2) is 9.97 Å². The van der Waals surface area contributed by atoms with E-state index in [0.717, 1.165) is 59.9 Å². The number of fused-ring (bicyclic) bond motifs is 2. The summed E-state index contributed by atoms with van der Waals surface area (Å²) < 4.78 is 2.25. The highest BCUT2D eigenvalue weighted by atomic mass is 32.1. The number of thiophene rings is 1. The lowest BCUT2D eigenvalue weighted by Crippen LogP contribution is -2.32. The highest BCUT2D eigenvalue weighted by Gasteiger charge is 2.23. The van der Waals surface area contributed by atoms with Crippen molar-refractivity contribution in [1.82, 2.24) is 24.7 Å². The van der Waals surface area contributed by atoms with Crippen LogP contribution < -0.4 is 5.32 Å². The predicted octanol–water partition coefficient (Wildman–Crippen LogP) is 2.83. The fraction of sp³-hybridized carbons (Fsp3) is 0.500. The Morgan fingerprint density at radius 3 is 3.00 bits per heavy atom. The fourth-order valence-electron chi connectivity index (χ4n) is 3.15. The maximum Gasteiger partial charge on any atom is 0.138 e. The Labute approximate surface area is 139 Å². The first kappa shape index (κ1) is 14.6. The molecule has 0 amide bonds. The van der Waals surface area contributed by atoms with Crippen molar-refractivity contribution >= 4 is 27.4 Å². The van der Waals surface area contributed by atoms with Crippen LogP contribution >= 0.6 is 11.3 Å². The van der Waals surface area contributed by atoms with Crippen LogP contribution in [0.5, 0.6) is 0 Å². The van der Waals surface area contributed by atoms with E-state index in [1.807, 2.05) is 0 Å². The van der Waals surface area contributed by atoms with E-state index in [-0.39, 0.29) is 0 Å². The van der Waals surface area contributed by atoms with Crippen LogP contribution in [0.4, 0.5) is 5.82 Å². The molecule has 4 rings (SSSR count). The zero-order valence-electron chi connectivity index (χ0n) is 13.4. The molecule has 0 saturated carbocycles. The number of rotatable bonds is 4. The largest absolute Gasteiger partial charge is 0.365 e. The van der Waals surface area contributed by atoms with Crippen molar-refractivity contribution < 1.29 is 0 Å². The molecule has 7 heteroatoms. The van der Waals surface area contributed by atoms with Crippen molar-refractivity contribution in [3.05, 3.63) is 28.9 Å². The second-order valence-corrected chi connectivity index (χ2v) is 7.00. The minimum Gasteiger partial charge on any atom is -0.365 e. The predicted molar refractivity (Wildman–Crippen MR) is 91.9 cm³/mol. The monoisotopic (exact) mass is 328 g/mol. The van der Waals surface area contributed by atoms with E-state index in [1.54, 1.807) is 17.7 Å². The molecule has 3 aromatic rings. The summed E-state index contributed by atoms with van der Waals surface area (Å²) in [5.41, 5.74) is 0. The highest BCUT2D eigenvalue weighted by molar-refractivity contribution is 7.18. The van der Waals surface area contributed by atoms with Gasteiger partial charge in [0.2, 0.25) is 0 Å². The third kappa shape index (κ3) is 2.59. The highest BCUT2D eigenvalue weighted by Crippen LogP contribution is 2.29. The van der Waals surface area contributed by atoms with Gasteiger partial charge in [-0.3, -0.25) is 0 Å². The zero-order chi connectivity index (χ0) is 15.8. The van der Waals surface area contributed by atoms with Crippen LogP contribution in [0.3, 0.4) is 0 Å². The van der Waals surface area contributed by atoms with Crippen LogP contribution in [-0.4, -0.2) is 30.8 Å². The van der Waals surface area contributed by atoms with Crippen LogP contribution in [0.1, 0.15) is 36.8 Å². The molecule has 3 aromatic heterocycles. The molecule has 23 heavy (non-hydrogen) atoms. The number of hydrogen-bond acceptors (Lipinski definition) is 6. The van der Waals surface area contributed by atoms with E-state index < -0.39 is 0 Å². The Hall–Kier alpha value is -2.02. The molecule has 1 aliphatic rings. The lowest BCUT2D eigenvalue weighted by atomic mass is 10.1. The first-order valence-electron chi connectivity index (χ1n) is 8.19. The van der Waals surface area contributed by atoms with E-state index in [2.05, 4.69) is 50.0 Å². The molecule has 0 spiro atoms. The Morgan fingerprint density at radius 2 is 2.17 bits per heavy atom. The molecule has 6 nitrogen and oxygen atoms in total. The van der Waals surface area contributed by atoms with Crippen molar-refractivity contribution in [3.63, 3.8) is 0 Å². The standard InChI is InChI=1S/C16H20N6S/c1-3-11-7-12-15(17-9-18-16(12)23-11)19-10-5-6-14-21-20-13(4-2)22(14)8-10/h7,9-10H,3-6,8H2,1-2H3,(H,17,18,19)/t10-/m0/s1. The van der Waals surface area contributed by atoms with Crippen molar-refractivity contribution in [2.24, 2.45) is 0 Å². The van der Waals surface area contributed by atoms with Crippen LogP contribution in [0.25, 0.3) is 10.2 Å². The van der Waals surface area contributed by atoms with Gasteiger partial charge in [0, 0.05) is 30.3 Å². The third-order valence-corrected chi connectivity index (χ3v) is 5.60. The molecule has 1 atom stereocenters. The average molecular weight is 328 g/mol. The van der Waals surface area contributed by atoms with Crippen LogP contribution in [-0.2, 0) is 25.8 Å². The minimum atomic E-state index is 0.354. The summed E-state index contributed by atoms with van der Waals surface area (Å²) in [5.74, 6) is 3.13. The summed E-state index contributed by atoms with van der Waals surface area (Å²) in [6, 6.07) is 2.57. The number of nitrogens with one attached hydrogen (secondary N) is 1. The number of aromatic nitrogens is 5. The van der Waals surface area contributed by atoms with Gasteiger partial charge in [0.05, 0.1) is 5.39 Å². The molecule has 0 radical (unpaired) electrons. The van der Waals surface area contributed by atoms with E-state index in [4.69, 9.17) is 0 Å². The van der Waals surface area contributed by atoms with Gasteiger partial charge < -0.3 is 9.88 Å². The van der Waals surface area contributed by atoms with Crippen LogP contribution in [0.2, 0.25) is 0 Å². The number of anilines is 1. The first-order valence-corrected chi connectivity index (χ1v) is 9.01. The molecule has 120 valence electrons. The van der Waals surface area contributed by atoms with Gasteiger partial charge in [0.15, 0.2) is 0 Å². The maximum atomic E-state index is 4.48. The molecule has 0 aromatic carbocycles. The quantitative estimate of drug-likeness (QED) is 0.797. The number of aryl methyl sites for hydroxylation is 3. The Balaban J connectivity index is 1.60. The van der Waals surface area contributed by atoms with Crippen molar-refractivity contribution in [2.45, 2.75) is 52.1 Å². The smallest absolute Gasteiger partial charge is 0.138 e. The lowest BCUT2D eigenvalue weighted by molar-refractivity contribution is 0.465. The van der Waals surface area contributed by atoms with Crippen molar-refractivity contribution in [2.75, 3.05) is 5.32 Å². The summed E-state index contributed by atoms with van der Waals surface area (Å²) >= 11 is 1.75. The molecule has 1 N–H and O–H groups in total. The Morgan fingerprint density at radius 1 is 1.26 bits per heavy atom. The molecule has 0 unspecified atom stereocenters. The molecular formula is C16H20N6S. The van der Waals surface area contributed by atoms with Gasteiger partial charge >= 0.3 is 0 Å². The van der Waals surface area contributed by atoms with E-state index in [9.17, 15) is 0 Å². The van der Waals surface area contributed by atoms with Gasteiger partial charge in [0.1, 0.15) is 28.6 Å². The molecule has 1 aliphatic heterocycles. The Bertz CT molecular complexity index is 823. The van der Waals surface area contributed by atoms with E-state index in [0.29, 0.717) is 6.04 Å². The summed E-state index contributed by atoms with van der Waals surface area (Å²) in [7, 11) is 0. The fourth-order valence-corrected chi connectivity index (χ4v) is 4.09. The van der Waals surface area contributed by atoms with Gasteiger partial charge in [-0.05, 0) is 18.9 Å². The second kappa shape index (κ2) is 5.88. The topological polar surface area (TPSA) is 68.5 Å². The first-order chi connectivity index (χ1) is 11.3. The molecule has 0 aliphatic carbocycles. The van der Waals surface area contributed by atoms with Crippen molar-refractivity contribution in [3.8, 4) is 0 Å². The summed E-state index contributed by atoms with van der Waals surface area (Å²) in [4.78, 5) is 11.3. The number of hydrogen-bond donors (Lipinski definition) is 1. The number of nitrogens with zero attached hydrogens (tertiary/aromatic N) is 5. The summed E-state index contributed by atoms with van der Waals surface area (Å²) in [6.07, 6.45) is 5.63. The van der Waals surface area contributed by atoms with Crippen LogP contribution in [0, 0.1) is 0 Å². The molecule has 0 bridgehead atoms. The Kier molecular flexibility index (Phi) is 3.72. The van der Waals surface area contributed by atoms with Gasteiger partial charge in [-0.1, -0.05) is 13.8 Å². The zero-order valence-corrected chi connectivity index (χ0v) is 14.2. The van der Waals surface area contributed by atoms with Crippen molar-refractivity contribution in [1.29, 1.82) is 0 Å². The van der Waals surface area contributed by atoms with E-state index >= 15 is 0 Å². The molecule has 0 fully saturated rings. The minimum absolute atomic E-state index is 0.354. The summed E-state index contributed by atoms with van der Waals surface area (Å²) in [6.45, 7) is 5.20. The second-order valence-electron chi connectivity index (χ2n) is 5.88. The SMILES string of the molecule is CCc1cc2c(N[C@H]3CCc4nnc(CC)n4C3)ncnc2s1. The van der Waals surface area contributed by atoms with Crippen LogP contribution in [0.15, 0.2) is 12.4 Å². The molecular weight excluding hydrogens is 308 g/mol. The maximum absolute atomic E-state index is 4.48. The van der Waals surface area contributed by atoms with E-state index in [1.165, 1.54) is 4.88 Å².